The molecule has 0 saturated heterocycles. The summed E-state index contributed by atoms with van der Waals surface area (Å²) in [5.74, 6) is -0.261. The van der Waals surface area contributed by atoms with Crippen molar-refractivity contribution in [3.05, 3.63) is 56.4 Å². The third-order valence-corrected chi connectivity index (χ3v) is 4.69. The molecule has 4 heteroatoms. The monoisotopic (exact) mass is 328 g/mol. The molecule has 0 fully saturated rings. The van der Waals surface area contributed by atoms with Gasteiger partial charge in [0.15, 0.2) is 0 Å². The Labute approximate surface area is 118 Å². The molecule has 0 bridgehead atoms. The summed E-state index contributed by atoms with van der Waals surface area (Å²) in [6.45, 7) is 1.74. The minimum atomic E-state index is -0.949. The number of hydrogen-bond donors (Lipinski definition) is 1. The molecule has 0 spiro atoms. The molecular formula is C14H14BrFOS. The van der Waals surface area contributed by atoms with Gasteiger partial charge in [0, 0.05) is 22.2 Å². The van der Waals surface area contributed by atoms with Crippen LogP contribution in [0.2, 0.25) is 0 Å². The van der Waals surface area contributed by atoms with Gasteiger partial charge in [0.1, 0.15) is 5.82 Å². The summed E-state index contributed by atoms with van der Waals surface area (Å²) in [5.41, 5.74) is -0.398. The maximum atomic E-state index is 13.6. The van der Waals surface area contributed by atoms with Gasteiger partial charge in [-0.2, -0.15) is 0 Å². The topological polar surface area (TPSA) is 20.2 Å². The van der Waals surface area contributed by atoms with Gasteiger partial charge in [-0.3, -0.25) is 0 Å². The molecule has 2 aromatic rings. The fourth-order valence-electron chi connectivity index (χ4n) is 1.91. The second-order valence-corrected chi connectivity index (χ2v) is 6.49. The standard InChI is InChI=1S/C14H14BrFOS/c1-14(17,9-13-11(15)6-7-18-13)8-10-4-2-3-5-12(10)16/h2-7,17H,8-9H2,1H3. The Hall–Kier alpha value is -0.710. The fourth-order valence-corrected chi connectivity index (χ4v) is 3.58. The van der Waals surface area contributed by atoms with Crippen molar-refractivity contribution in [3.8, 4) is 0 Å². The van der Waals surface area contributed by atoms with Crippen LogP contribution in [0.25, 0.3) is 0 Å². The lowest BCUT2D eigenvalue weighted by molar-refractivity contribution is 0.0606. The molecule has 0 aliphatic heterocycles. The minimum Gasteiger partial charge on any atom is -0.389 e. The number of aliphatic hydroxyl groups is 1. The number of benzene rings is 1. The second-order valence-electron chi connectivity index (χ2n) is 4.63. The van der Waals surface area contributed by atoms with E-state index in [9.17, 15) is 9.50 Å². The van der Waals surface area contributed by atoms with E-state index in [1.165, 1.54) is 6.07 Å². The van der Waals surface area contributed by atoms with Crippen molar-refractivity contribution in [1.82, 2.24) is 0 Å². The van der Waals surface area contributed by atoms with Crippen LogP contribution in [0, 0.1) is 5.82 Å². The summed E-state index contributed by atoms with van der Waals surface area (Å²) >= 11 is 5.03. The Bertz CT molecular complexity index is 536. The van der Waals surface area contributed by atoms with Gasteiger partial charge in [-0.15, -0.1) is 11.3 Å². The molecule has 0 aliphatic rings. The third kappa shape index (κ3) is 3.40. The molecule has 1 N–H and O–H groups in total. The Morgan fingerprint density at radius 1 is 1.28 bits per heavy atom. The van der Waals surface area contributed by atoms with Crippen molar-refractivity contribution in [2.75, 3.05) is 0 Å². The molecule has 18 heavy (non-hydrogen) atoms. The minimum absolute atomic E-state index is 0.261. The van der Waals surface area contributed by atoms with Crippen molar-refractivity contribution < 1.29 is 9.50 Å². The van der Waals surface area contributed by atoms with E-state index in [1.807, 2.05) is 11.4 Å². The van der Waals surface area contributed by atoms with Crippen molar-refractivity contribution >= 4 is 27.3 Å². The van der Waals surface area contributed by atoms with Crippen LogP contribution in [0.1, 0.15) is 17.4 Å². The van der Waals surface area contributed by atoms with Gasteiger partial charge in [0.2, 0.25) is 0 Å². The summed E-state index contributed by atoms with van der Waals surface area (Å²) in [7, 11) is 0. The SMILES string of the molecule is CC(O)(Cc1ccccc1F)Cc1sccc1Br. The quantitative estimate of drug-likeness (QED) is 0.892. The number of hydrogen-bond acceptors (Lipinski definition) is 2. The maximum absolute atomic E-state index is 13.6. The first kappa shape index (κ1) is 13.7. The van der Waals surface area contributed by atoms with Gasteiger partial charge in [-0.25, -0.2) is 4.39 Å². The van der Waals surface area contributed by atoms with Gasteiger partial charge < -0.3 is 5.11 Å². The average Bonchev–Trinajstić information content (AvgIpc) is 2.67. The smallest absolute Gasteiger partial charge is 0.126 e. The molecule has 96 valence electrons. The molecule has 1 heterocycles. The normalized spacial score (nSPS) is 14.4. The van der Waals surface area contributed by atoms with Crippen LogP contribution in [0.3, 0.4) is 0 Å². The molecule has 1 unspecified atom stereocenters. The predicted octanol–water partition coefficient (Wildman–Crippen LogP) is 4.19. The van der Waals surface area contributed by atoms with E-state index >= 15 is 0 Å². The highest BCUT2D eigenvalue weighted by Gasteiger charge is 2.24. The lowest BCUT2D eigenvalue weighted by atomic mass is 9.92. The summed E-state index contributed by atoms with van der Waals surface area (Å²) in [6, 6.07) is 8.54. The van der Waals surface area contributed by atoms with Gasteiger partial charge in [0.25, 0.3) is 0 Å². The molecular weight excluding hydrogens is 315 g/mol. The third-order valence-electron chi connectivity index (χ3n) is 2.76. The lowest BCUT2D eigenvalue weighted by Crippen LogP contribution is -2.30. The van der Waals surface area contributed by atoms with E-state index < -0.39 is 5.60 Å². The predicted molar refractivity (Wildman–Crippen MR) is 76.5 cm³/mol. The first-order valence-corrected chi connectivity index (χ1v) is 7.33. The second kappa shape index (κ2) is 5.51. The summed E-state index contributed by atoms with van der Waals surface area (Å²) < 4.78 is 14.6. The Morgan fingerprint density at radius 3 is 2.61 bits per heavy atom. The zero-order valence-corrected chi connectivity index (χ0v) is 12.4. The van der Waals surface area contributed by atoms with E-state index in [4.69, 9.17) is 0 Å². The molecule has 1 nitrogen and oxygen atoms in total. The Morgan fingerprint density at radius 2 is 2.00 bits per heavy atom. The van der Waals surface area contributed by atoms with Gasteiger partial charge in [0.05, 0.1) is 5.60 Å². The molecule has 0 aliphatic carbocycles. The van der Waals surface area contributed by atoms with Crippen molar-refractivity contribution in [3.63, 3.8) is 0 Å². The van der Waals surface area contributed by atoms with Crippen molar-refractivity contribution in [2.24, 2.45) is 0 Å². The van der Waals surface area contributed by atoms with E-state index in [2.05, 4.69) is 15.9 Å². The largest absolute Gasteiger partial charge is 0.389 e. The highest BCUT2D eigenvalue weighted by molar-refractivity contribution is 9.10. The lowest BCUT2D eigenvalue weighted by Gasteiger charge is -2.23. The van der Waals surface area contributed by atoms with Gasteiger partial charge in [-0.1, -0.05) is 18.2 Å². The van der Waals surface area contributed by atoms with Crippen LogP contribution >= 0.6 is 27.3 Å². The molecule has 0 amide bonds. The molecule has 2 rings (SSSR count). The van der Waals surface area contributed by atoms with Gasteiger partial charge in [-0.05, 0) is 45.9 Å². The van der Waals surface area contributed by atoms with Gasteiger partial charge >= 0.3 is 0 Å². The molecule has 0 radical (unpaired) electrons. The zero-order valence-electron chi connectivity index (χ0n) is 9.99. The number of halogens is 2. The van der Waals surface area contributed by atoms with Crippen molar-refractivity contribution in [1.29, 1.82) is 0 Å². The van der Waals surface area contributed by atoms with E-state index in [1.54, 1.807) is 36.5 Å². The molecule has 1 aromatic heterocycles. The van der Waals surface area contributed by atoms with E-state index in [0.29, 0.717) is 18.4 Å². The zero-order chi connectivity index (χ0) is 13.2. The van der Waals surface area contributed by atoms with Crippen LogP contribution < -0.4 is 0 Å². The summed E-state index contributed by atoms with van der Waals surface area (Å²) in [6.07, 6.45) is 0.823. The highest BCUT2D eigenvalue weighted by Crippen LogP contribution is 2.28. The van der Waals surface area contributed by atoms with Crippen molar-refractivity contribution in [2.45, 2.75) is 25.4 Å². The average molecular weight is 329 g/mol. The van der Waals surface area contributed by atoms with Crippen LogP contribution in [-0.2, 0) is 12.8 Å². The van der Waals surface area contributed by atoms with E-state index in [0.717, 1.165) is 9.35 Å². The summed E-state index contributed by atoms with van der Waals surface area (Å²) in [5, 5.41) is 12.4. The number of rotatable bonds is 4. The molecule has 1 aromatic carbocycles. The van der Waals surface area contributed by atoms with E-state index in [-0.39, 0.29) is 5.82 Å². The van der Waals surface area contributed by atoms with Crippen LogP contribution in [-0.4, -0.2) is 10.7 Å². The maximum Gasteiger partial charge on any atom is 0.126 e. The highest BCUT2D eigenvalue weighted by atomic mass is 79.9. The first-order valence-electron chi connectivity index (χ1n) is 5.65. The number of thiophene rings is 1. The molecule has 1 atom stereocenters. The van der Waals surface area contributed by atoms with Crippen LogP contribution in [0.15, 0.2) is 40.2 Å². The Balaban J connectivity index is 2.13. The van der Waals surface area contributed by atoms with Crippen LogP contribution in [0.4, 0.5) is 4.39 Å². The fraction of sp³-hybridized carbons (Fsp3) is 0.286. The first-order chi connectivity index (χ1) is 8.48. The summed E-state index contributed by atoms with van der Waals surface area (Å²) in [4.78, 5) is 1.08. The Kier molecular flexibility index (Phi) is 4.20. The molecule has 0 saturated carbocycles. The van der Waals surface area contributed by atoms with Crippen LogP contribution in [0.5, 0.6) is 0 Å².